The number of nitrogens with one attached hydrogen (secondary N) is 1. The van der Waals surface area contributed by atoms with Gasteiger partial charge < -0.3 is 10.1 Å². The largest absolute Gasteiger partial charge is 0.380 e. The lowest BCUT2D eigenvalue weighted by Gasteiger charge is -2.29. The number of hydrogen-bond acceptors (Lipinski definition) is 2. The fraction of sp³-hybridized carbons (Fsp3) is 1.00. The molecule has 0 aromatic carbocycles. The Hall–Kier alpha value is -0.0800. The minimum absolute atomic E-state index is 0.744. The zero-order valence-corrected chi connectivity index (χ0v) is 9.72. The SMILES string of the molecule is CCCOCCNC1CCCCC1C. The van der Waals surface area contributed by atoms with Crippen molar-refractivity contribution in [2.24, 2.45) is 5.92 Å². The standard InChI is InChI=1S/C12H25NO/c1-3-9-14-10-8-13-12-7-5-4-6-11(12)2/h11-13H,3-10H2,1-2H3. The summed E-state index contributed by atoms with van der Waals surface area (Å²) in [5, 5.41) is 3.61. The lowest BCUT2D eigenvalue weighted by atomic mass is 9.86. The monoisotopic (exact) mass is 199 g/mol. The van der Waals surface area contributed by atoms with E-state index in [4.69, 9.17) is 4.74 Å². The van der Waals surface area contributed by atoms with Crippen LogP contribution in [0.15, 0.2) is 0 Å². The molecule has 0 aliphatic heterocycles. The molecular formula is C12H25NO. The van der Waals surface area contributed by atoms with Crippen molar-refractivity contribution in [1.29, 1.82) is 0 Å². The predicted molar refractivity (Wildman–Crippen MR) is 60.5 cm³/mol. The number of rotatable bonds is 6. The Morgan fingerprint density at radius 1 is 1.21 bits per heavy atom. The molecule has 2 unspecified atom stereocenters. The van der Waals surface area contributed by atoms with Crippen LogP contribution in [0.1, 0.15) is 46.0 Å². The molecule has 1 fully saturated rings. The summed E-state index contributed by atoms with van der Waals surface area (Å²) in [4.78, 5) is 0. The molecule has 0 heterocycles. The van der Waals surface area contributed by atoms with Crippen LogP contribution in [0.2, 0.25) is 0 Å². The molecule has 1 N–H and O–H groups in total. The first-order valence-corrected chi connectivity index (χ1v) is 6.15. The van der Waals surface area contributed by atoms with E-state index in [0.29, 0.717) is 0 Å². The fourth-order valence-electron chi connectivity index (χ4n) is 2.18. The van der Waals surface area contributed by atoms with Gasteiger partial charge in [-0.1, -0.05) is 26.7 Å². The summed E-state index contributed by atoms with van der Waals surface area (Å²) in [7, 11) is 0. The maximum absolute atomic E-state index is 5.45. The average Bonchev–Trinajstić information content (AvgIpc) is 2.20. The fourth-order valence-corrected chi connectivity index (χ4v) is 2.18. The molecule has 14 heavy (non-hydrogen) atoms. The van der Waals surface area contributed by atoms with Crippen molar-refractivity contribution in [1.82, 2.24) is 5.32 Å². The molecule has 0 bridgehead atoms. The molecule has 2 heteroatoms. The van der Waals surface area contributed by atoms with Gasteiger partial charge in [0.1, 0.15) is 0 Å². The second kappa shape index (κ2) is 7.24. The first-order valence-electron chi connectivity index (χ1n) is 6.15. The maximum Gasteiger partial charge on any atom is 0.0590 e. The van der Waals surface area contributed by atoms with E-state index in [1.165, 1.54) is 25.7 Å². The van der Waals surface area contributed by atoms with Crippen molar-refractivity contribution in [2.45, 2.75) is 52.0 Å². The highest BCUT2D eigenvalue weighted by Crippen LogP contribution is 2.23. The molecule has 1 saturated carbocycles. The highest BCUT2D eigenvalue weighted by molar-refractivity contribution is 4.77. The van der Waals surface area contributed by atoms with Crippen LogP contribution in [0, 0.1) is 5.92 Å². The van der Waals surface area contributed by atoms with Gasteiger partial charge >= 0.3 is 0 Å². The van der Waals surface area contributed by atoms with Crippen LogP contribution < -0.4 is 5.32 Å². The van der Waals surface area contributed by atoms with Gasteiger partial charge in [-0.2, -0.15) is 0 Å². The minimum atomic E-state index is 0.744. The van der Waals surface area contributed by atoms with Crippen molar-refractivity contribution in [3.05, 3.63) is 0 Å². The summed E-state index contributed by atoms with van der Waals surface area (Å²) < 4.78 is 5.45. The third kappa shape index (κ3) is 4.43. The molecular weight excluding hydrogens is 174 g/mol. The minimum Gasteiger partial charge on any atom is -0.380 e. The van der Waals surface area contributed by atoms with Crippen LogP contribution in [0.5, 0.6) is 0 Å². The van der Waals surface area contributed by atoms with Crippen LogP contribution in [-0.2, 0) is 4.74 Å². The summed E-state index contributed by atoms with van der Waals surface area (Å²) in [6.45, 7) is 7.31. The van der Waals surface area contributed by atoms with Gasteiger partial charge in [-0.3, -0.25) is 0 Å². The van der Waals surface area contributed by atoms with E-state index in [9.17, 15) is 0 Å². The number of ether oxygens (including phenoxy) is 1. The maximum atomic E-state index is 5.45. The van der Waals surface area contributed by atoms with Gasteiger partial charge in [-0.05, 0) is 25.2 Å². The molecule has 1 aliphatic carbocycles. The van der Waals surface area contributed by atoms with E-state index in [1.54, 1.807) is 0 Å². The third-order valence-electron chi connectivity index (χ3n) is 3.11. The zero-order valence-electron chi connectivity index (χ0n) is 9.72. The third-order valence-corrected chi connectivity index (χ3v) is 3.11. The Balaban J connectivity index is 1.99. The van der Waals surface area contributed by atoms with Crippen molar-refractivity contribution in [2.75, 3.05) is 19.8 Å². The van der Waals surface area contributed by atoms with E-state index in [1.807, 2.05) is 0 Å². The molecule has 0 aromatic heterocycles. The average molecular weight is 199 g/mol. The Morgan fingerprint density at radius 3 is 2.71 bits per heavy atom. The highest BCUT2D eigenvalue weighted by Gasteiger charge is 2.19. The first-order chi connectivity index (χ1) is 6.84. The molecule has 0 spiro atoms. The van der Waals surface area contributed by atoms with Crippen LogP contribution in [-0.4, -0.2) is 25.8 Å². The molecule has 0 radical (unpaired) electrons. The van der Waals surface area contributed by atoms with Gasteiger partial charge in [0.15, 0.2) is 0 Å². The molecule has 1 aliphatic rings. The number of hydrogen-bond donors (Lipinski definition) is 1. The van der Waals surface area contributed by atoms with Crippen molar-refractivity contribution < 1.29 is 4.74 Å². The van der Waals surface area contributed by atoms with E-state index in [2.05, 4.69) is 19.2 Å². The van der Waals surface area contributed by atoms with Gasteiger partial charge in [-0.15, -0.1) is 0 Å². The highest BCUT2D eigenvalue weighted by atomic mass is 16.5. The van der Waals surface area contributed by atoms with Gasteiger partial charge in [-0.25, -0.2) is 0 Å². The van der Waals surface area contributed by atoms with Crippen LogP contribution in [0.4, 0.5) is 0 Å². The first kappa shape index (κ1) is 12.0. The predicted octanol–water partition coefficient (Wildman–Crippen LogP) is 2.58. The molecule has 1 rings (SSSR count). The zero-order chi connectivity index (χ0) is 10.2. The van der Waals surface area contributed by atoms with Gasteiger partial charge in [0.05, 0.1) is 6.61 Å². The quantitative estimate of drug-likeness (QED) is 0.664. The van der Waals surface area contributed by atoms with E-state index < -0.39 is 0 Å². The van der Waals surface area contributed by atoms with Crippen LogP contribution >= 0.6 is 0 Å². The molecule has 0 amide bonds. The molecule has 84 valence electrons. The molecule has 2 nitrogen and oxygen atoms in total. The Bertz CT molecular complexity index is 138. The second-order valence-electron chi connectivity index (χ2n) is 4.43. The Kier molecular flexibility index (Phi) is 6.20. The topological polar surface area (TPSA) is 21.3 Å². The molecule has 0 saturated heterocycles. The summed E-state index contributed by atoms with van der Waals surface area (Å²) in [6, 6.07) is 0.744. The lowest BCUT2D eigenvalue weighted by molar-refractivity contribution is 0.129. The second-order valence-corrected chi connectivity index (χ2v) is 4.43. The van der Waals surface area contributed by atoms with E-state index in [-0.39, 0.29) is 0 Å². The summed E-state index contributed by atoms with van der Waals surface area (Å²) in [5.74, 6) is 0.856. The Labute approximate surface area is 88.4 Å². The Morgan fingerprint density at radius 2 is 2.00 bits per heavy atom. The van der Waals surface area contributed by atoms with Gasteiger partial charge in [0.25, 0.3) is 0 Å². The van der Waals surface area contributed by atoms with Crippen molar-refractivity contribution >= 4 is 0 Å². The molecule has 2 atom stereocenters. The van der Waals surface area contributed by atoms with E-state index >= 15 is 0 Å². The lowest BCUT2D eigenvalue weighted by Crippen LogP contribution is -2.38. The summed E-state index contributed by atoms with van der Waals surface area (Å²) >= 11 is 0. The normalized spacial score (nSPS) is 27.9. The summed E-state index contributed by atoms with van der Waals surface area (Å²) in [5.41, 5.74) is 0. The van der Waals surface area contributed by atoms with Gasteiger partial charge in [0.2, 0.25) is 0 Å². The van der Waals surface area contributed by atoms with Crippen molar-refractivity contribution in [3.8, 4) is 0 Å². The van der Waals surface area contributed by atoms with E-state index in [0.717, 1.165) is 38.1 Å². The molecule has 0 aromatic rings. The van der Waals surface area contributed by atoms with Crippen LogP contribution in [0.3, 0.4) is 0 Å². The van der Waals surface area contributed by atoms with Gasteiger partial charge in [0, 0.05) is 19.2 Å². The van der Waals surface area contributed by atoms with Crippen molar-refractivity contribution in [3.63, 3.8) is 0 Å². The summed E-state index contributed by atoms with van der Waals surface area (Å²) in [6.07, 6.45) is 6.70. The van der Waals surface area contributed by atoms with Crippen LogP contribution in [0.25, 0.3) is 0 Å². The smallest absolute Gasteiger partial charge is 0.0590 e.